The lowest BCUT2D eigenvalue weighted by atomic mass is 9.95. The highest BCUT2D eigenvalue weighted by Crippen LogP contribution is 2.43. The average Bonchev–Trinajstić information content (AvgIpc) is 3.09. The lowest BCUT2D eigenvalue weighted by Gasteiger charge is -2.24. The summed E-state index contributed by atoms with van der Waals surface area (Å²) in [6.07, 6.45) is 11.4. The van der Waals surface area contributed by atoms with Gasteiger partial charge in [-0.3, -0.25) is 4.68 Å². The van der Waals surface area contributed by atoms with Gasteiger partial charge in [-0.25, -0.2) is 0 Å². The van der Waals surface area contributed by atoms with E-state index in [-0.39, 0.29) is 0 Å². The van der Waals surface area contributed by atoms with E-state index < -0.39 is 0 Å². The molecule has 16 heavy (non-hydrogen) atoms. The Morgan fingerprint density at radius 2 is 1.94 bits per heavy atom. The molecule has 0 spiro atoms. The fourth-order valence-electron chi connectivity index (χ4n) is 2.99. The molecule has 0 aliphatic heterocycles. The molecular formula is C13H21N3. The van der Waals surface area contributed by atoms with Gasteiger partial charge >= 0.3 is 0 Å². The van der Waals surface area contributed by atoms with Gasteiger partial charge in [-0.15, -0.1) is 0 Å². The normalized spacial score (nSPS) is 22.6. The minimum absolute atomic E-state index is 0.651. The van der Waals surface area contributed by atoms with E-state index in [1.165, 1.54) is 56.2 Å². The summed E-state index contributed by atoms with van der Waals surface area (Å²) >= 11 is 0. The lowest BCUT2D eigenvalue weighted by Crippen LogP contribution is -2.17. The van der Waals surface area contributed by atoms with Crippen molar-refractivity contribution in [2.75, 3.05) is 0 Å². The van der Waals surface area contributed by atoms with Gasteiger partial charge in [0.1, 0.15) is 0 Å². The molecule has 2 saturated carbocycles. The summed E-state index contributed by atoms with van der Waals surface area (Å²) in [7, 11) is 0. The highest BCUT2D eigenvalue weighted by atomic mass is 15.3. The molecule has 0 bridgehead atoms. The summed E-state index contributed by atoms with van der Waals surface area (Å²) < 4.78 is 2.32. The molecule has 88 valence electrons. The largest absolute Gasteiger partial charge is 0.326 e. The maximum absolute atomic E-state index is 5.81. The molecule has 0 radical (unpaired) electrons. The number of hydrogen-bond donors (Lipinski definition) is 1. The smallest absolute Gasteiger partial charge is 0.0537 e. The van der Waals surface area contributed by atoms with Gasteiger partial charge in [0.05, 0.1) is 12.2 Å². The predicted octanol–water partition coefficient (Wildman–Crippen LogP) is 2.72. The molecule has 0 unspecified atom stereocenters. The summed E-state index contributed by atoms with van der Waals surface area (Å²) in [5.74, 6) is 0.767. The topological polar surface area (TPSA) is 43.8 Å². The molecule has 2 N–H and O–H groups in total. The van der Waals surface area contributed by atoms with Gasteiger partial charge in [0.15, 0.2) is 0 Å². The number of aromatic nitrogens is 2. The molecular weight excluding hydrogens is 198 g/mol. The average molecular weight is 219 g/mol. The van der Waals surface area contributed by atoms with Crippen LogP contribution in [0, 0.1) is 0 Å². The Kier molecular flexibility index (Phi) is 2.72. The minimum atomic E-state index is 0.651. The van der Waals surface area contributed by atoms with Crippen LogP contribution in [0.3, 0.4) is 0 Å². The second-order valence-electron chi connectivity index (χ2n) is 5.27. The zero-order chi connectivity index (χ0) is 11.0. The summed E-state index contributed by atoms with van der Waals surface area (Å²) in [5, 5.41) is 4.61. The van der Waals surface area contributed by atoms with Crippen LogP contribution in [-0.4, -0.2) is 9.78 Å². The quantitative estimate of drug-likeness (QED) is 0.849. The van der Waals surface area contributed by atoms with Crippen LogP contribution in [0.1, 0.15) is 68.2 Å². The molecule has 2 fully saturated rings. The van der Waals surface area contributed by atoms with Gasteiger partial charge in [0, 0.05) is 23.7 Å². The van der Waals surface area contributed by atoms with Crippen molar-refractivity contribution in [3.63, 3.8) is 0 Å². The Balaban J connectivity index is 1.89. The fraction of sp³-hybridized carbons (Fsp3) is 0.769. The second kappa shape index (κ2) is 4.21. The fourth-order valence-corrected chi connectivity index (χ4v) is 2.99. The molecule has 2 aliphatic rings. The zero-order valence-electron chi connectivity index (χ0n) is 9.86. The number of hydrogen-bond acceptors (Lipinski definition) is 2. The first-order valence-corrected chi connectivity index (χ1v) is 6.66. The van der Waals surface area contributed by atoms with E-state index in [0.29, 0.717) is 12.6 Å². The first-order valence-electron chi connectivity index (χ1n) is 6.66. The van der Waals surface area contributed by atoms with Crippen molar-refractivity contribution in [1.82, 2.24) is 9.78 Å². The van der Waals surface area contributed by atoms with Crippen LogP contribution < -0.4 is 5.73 Å². The summed E-state index contributed by atoms with van der Waals surface area (Å²) in [6.45, 7) is 0.651. The van der Waals surface area contributed by atoms with E-state index >= 15 is 0 Å². The summed E-state index contributed by atoms with van der Waals surface area (Å²) in [6, 6.07) is 0.657. The van der Waals surface area contributed by atoms with Crippen LogP contribution in [-0.2, 0) is 6.54 Å². The van der Waals surface area contributed by atoms with E-state index in [4.69, 9.17) is 5.73 Å². The Morgan fingerprint density at radius 3 is 2.56 bits per heavy atom. The van der Waals surface area contributed by atoms with E-state index in [9.17, 15) is 0 Å². The zero-order valence-corrected chi connectivity index (χ0v) is 9.86. The van der Waals surface area contributed by atoms with Crippen molar-refractivity contribution in [3.05, 3.63) is 17.5 Å². The van der Waals surface area contributed by atoms with Crippen LogP contribution >= 0.6 is 0 Å². The maximum Gasteiger partial charge on any atom is 0.0537 e. The number of nitrogens with two attached hydrogens (primary N) is 1. The van der Waals surface area contributed by atoms with Crippen molar-refractivity contribution in [2.45, 2.75) is 63.5 Å². The number of nitrogens with zero attached hydrogens (tertiary/aromatic N) is 2. The van der Waals surface area contributed by atoms with Crippen molar-refractivity contribution in [3.8, 4) is 0 Å². The molecule has 0 saturated heterocycles. The van der Waals surface area contributed by atoms with Crippen LogP contribution in [0.5, 0.6) is 0 Å². The van der Waals surface area contributed by atoms with Gasteiger partial charge in [-0.1, -0.05) is 19.3 Å². The van der Waals surface area contributed by atoms with Gasteiger partial charge in [0.2, 0.25) is 0 Å². The van der Waals surface area contributed by atoms with Crippen LogP contribution in [0.15, 0.2) is 6.20 Å². The molecule has 3 heteroatoms. The lowest BCUT2D eigenvalue weighted by molar-refractivity contribution is 0.322. The van der Waals surface area contributed by atoms with Gasteiger partial charge in [-0.2, -0.15) is 5.10 Å². The summed E-state index contributed by atoms with van der Waals surface area (Å²) in [5.41, 5.74) is 8.56. The van der Waals surface area contributed by atoms with Gasteiger partial charge < -0.3 is 5.73 Å². The first kappa shape index (κ1) is 10.3. The molecule has 3 nitrogen and oxygen atoms in total. The van der Waals surface area contributed by atoms with Crippen LogP contribution in [0.2, 0.25) is 0 Å². The Hall–Kier alpha value is -0.830. The molecule has 0 amide bonds. The van der Waals surface area contributed by atoms with Crippen molar-refractivity contribution in [1.29, 1.82) is 0 Å². The minimum Gasteiger partial charge on any atom is -0.326 e. The monoisotopic (exact) mass is 219 g/mol. The highest BCUT2D eigenvalue weighted by Gasteiger charge is 2.32. The summed E-state index contributed by atoms with van der Waals surface area (Å²) in [4.78, 5) is 0. The second-order valence-corrected chi connectivity index (χ2v) is 5.27. The predicted molar refractivity (Wildman–Crippen MR) is 64.2 cm³/mol. The molecule has 0 aromatic carbocycles. The first-order chi connectivity index (χ1) is 7.90. The molecule has 1 aromatic rings. The third-order valence-corrected chi connectivity index (χ3v) is 4.02. The Bertz CT molecular complexity index is 359. The molecule has 0 atom stereocenters. The maximum atomic E-state index is 5.81. The van der Waals surface area contributed by atoms with E-state index in [1.807, 2.05) is 6.20 Å². The molecule has 2 aliphatic carbocycles. The standard InChI is InChI=1S/C13H21N3/c14-8-11-9-15-16(13(11)10-6-7-10)12-4-2-1-3-5-12/h9-10,12H,1-8,14H2. The van der Waals surface area contributed by atoms with Crippen molar-refractivity contribution < 1.29 is 0 Å². The van der Waals surface area contributed by atoms with Crippen LogP contribution in [0.4, 0.5) is 0 Å². The SMILES string of the molecule is NCc1cnn(C2CCCCC2)c1C1CC1. The Labute approximate surface area is 97.0 Å². The molecule has 3 rings (SSSR count). The van der Waals surface area contributed by atoms with Crippen molar-refractivity contribution in [2.24, 2.45) is 5.73 Å². The van der Waals surface area contributed by atoms with Gasteiger partial charge in [0.25, 0.3) is 0 Å². The van der Waals surface area contributed by atoms with Gasteiger partial charge in [-0.05, 0) is 25.7 Å². The van der Waals surface area contributed by atoms with E-state index in [1.54, 1.807) is 0 Å². The number of rotatable bonds is 3. The molecule has 1 heterocycles. The third kappa shape index (κ3) is 1.77. The Morgan fingerprint density at radius 1 is 1.19 bits per heavy atom. The highest BCUT2D eigenvalue weighted by molar-refractivity contribution is 5.26. The third-order valence-electron chi connectivity index (χ3n) is 4.02. The van der Waals surface area contributed by atoms with Crippen molar-refractivity contribution >= 4 is 0 Å². The van der Waals surface area contributed by atoms with E-state index in [2.05, 4.69) is 9.78 Å². The van der Waals surface area contributed by atoms with Crippen LogP contribution in [0.25, 0.3) is 0 Å². The molecule has 1 aromatic heterocycles. The van der Waals surface area contributed by atoms with E-state index in [0.717, 1.165) is 5.92 Å².